The molecule has 0 radical (unpaired) electrons. The first-order valence-electron chi connectivity index (χ1n) is 7.57. The van der Waals surface area contributed by atoms with Crippen LogP contribution < -0.4 is 0 Å². The predicted molar refractivity (Wildman–Crippen MR) is 79.9 cm³/mol. The van der Waals surface area contributed by atoms with Gasteiger partial charge in [0.25, 0.3) is 0 Å². The zero-order valence-corrected chi connectivity index (χ0v) is 12.3. The number of ether oxygens (including phenoxy) is 1. The van der Waals surface area contributed by atoms with E-state index in [0.717, 1.165) is 35.6 Å². The molecular weight excluding hydrogens is 266 g/mol. The van der Waals surface area contributed by atoms with Crippen LogP contribution >= 0.6 is 0 Å². The molecule has 0 aliphatic carbocycles. The van der Waals surface area contributed by atoms with Crippen molar-refractivity contribution in [2.75, 3.05) is 13.2 Å². The molecule has 0 bridgehead atoms. The molecule has 2 aromatic rings. The van der Waals surface area contributed by atoms with Crippen molar-refractivity contribution in [1.82, 2.24) is 4.98 Å². The molecule has 1 aromatic carbocycles. The van der Waals surface area contributed by atoms with Crippen LogP contribution in [0.5, 0.6) is 0 Å². The average Bonchev–Trinajstić information content (AvgIpc) is 2.97. The van der Waals surface area contributed by atoms with Gasteiger partial charge in [0, 0.05) is 38.0 Å². The molecule has 1 aliphatic heterocycles. The first-order chi connectivity index (χ1) is 10.2. The lowest BCUT2D eigenvalue weighted by Crippen LogP contribution is -2.33. The summed E-state index contributed by atoms with van der Waals surface area (Å²) in [6.45, 7) is 3.28. The minimum atomic E-state index is -0.835. The second-order valence-corrected chi connectivity index (χ2v) is 5.57. The van der Waals surface area contributed by atoms with Gasteiger partial charge in [0.2, 0.25) is 0 Å². The maximum Gasteiger partial charge on any atom is 0.194 e. The van der Waals surface area contributed by atoms with Gasteiger partial charge in [-0.2, -0.15) is 0 Å². The topological polar surface area (TPSA) is 55.5 Å². The fourth-order valence-electron chi connectivity index (χ4n) is 2.85. The number of aryl methyl sites for hydroxylation is 1. The minimum Gasteiger partial charge on any atom is -0.448 e. The predicted octanol–water partition coefficient (Wildman–Crippen LogP) is 3.29. The van der Waals surface area contributed by atoms with E-state index in [4.69, 9.17) is 9.15 Å². The minimum absolute atomic E-state index is 0.588. The highest BCUT2D eigenvalue weighted by atomic mass is 16.5. The Morgan fingerprint density at radius 2 is 2.00 bits per heavy atom. The lowest BCUT2D eigenvalue weighted by atomic mass is 9.83. The number of hydrogen-bond donors (Lipinski definition) is 1. The molecule has 3 rings (SSSR count). The third kappa shape index (κ3) is 2.87. The van der Waals surface area contributed by atoms with Gasteiger partial charge >= 0.3 is 0 Å². The van der Waals surface area contributed by atoms with Gasteiger partial charge in [-0.05, 0) is 12.0 Å². The Labute approximate surface area is 124 Å². The molecule has 21 heavy (non-hydrogen) atoms. The third-order valence-electron chi connectivity index (χ3n) is 4.04. The van der Waals surface area contributed by atoms with E-state index in [1.807, 2.05) is 24.3 Å². The van der Waals surface area contributed by atoms with Crippen LogP contribution in [0.1, 0.15) is 37.6 Å². The molecule has 0 spiro atoms. The number of hydrogen-bond acceptors (Lipinski definition) is 4. The van der Waals surface area contributed by atoms with Crippen molar-refractivity contribution in [3.8, 4) is 11.3 Å². The summed E-state index contributed by atoms with van der Waals surface area (Å²) in [5.41, 5.74) is 1.84. The number of rotatable bonds is 4. The monoisotopic (exact) mass is 287 g/mol. The van der Waals surface area contributed by atoms with Gasteiger partial charge in [-0.1, -0.05) is 31.2 Å². The number of aliphatic hydroxyl groups is 1. The number of oxazole rings is 1. The molecule has 1 N–H and O–H groups in total. The van der Waals surface area contributed by atoms with Crippen LogP contribution in [0, 0.1) is 0 Å². The molecule has 2 heterocycles. The summed E-state index contributed by atoms with van der Waals surface area (Å²) in [6, 6.07) is 7.90. The first kappa shape index (κ1) is 14.3. The highest BCUT2D eigenvalue weighted by molar-refractivity contribution is 5.64. The Kier molecular flexibility index (Phi) is 4.08. The zero-order chi connectivity index (χ0) is 14.7. The van der Waals surface area contributed by atoms with Crippen LogP contribution in [0.4, 0.5) is 0 Å². The lowest BCUT2D eigenvalue weighted by molar-refractivity contribution is -0.0675. The van der Waals surface area contributed by atoms with Crippen LogP contribution in [0.3, 0.4) is 0 Å². The summed E-state index contributed by atoms with van der Waals surface area (Å²) in [7, 11) is 0. The normalized spacial score (nSPS) is 17.8. The number of aromatic nitrogens is 1. The van der Waals surface area contributed by atoms with Crippen LogP contribution in [-0.4, -0.2) is 23.3 Å². The van der Waals surface area contributed by atoms with Gasteiger partial charge in [-0.15, -0.1) is 0 Å². The summed E-state index contributed by atoms with van der Waals surface area (Å²) in [5.74, 6) is 0.751. The van der Waals surface area contributed by atoms with E-state index in [9.17, 15) is 5.11 Å². The molecule has 1 saturated heterocycles. The number of benzene rings is 1. The molecule has 1 aromatic heterocycles. The van der Waals surface area contributed by atoms with E-state index in [2.05, 4.69) is 11.9 Å². The lowest BCUT2D eigenvalue weighted by Gasteiger charge is -2.33. The summed E-state index contributed by atoms with van der Waals surface area (Å²) >= 11 is 0. The van der Waals surface area contributed by atoms with E-state index in [0.29, 0.717) is 26.1 Å². The standard InChI is InChI=1S/C17H21NO3/c1-2-5-16-18-15(12-21-16)13-6-3-4-7-14(13)17(19)8-10-20-11-9-17/h3-4,6-7,12,19H,2,5,8-11H2,1H3. The van der Waals surface area contributed by atoms with Crippen molar-refractivity contribution in [3.05, 3.63) is 42.0 Å². The van der Waals surface area contributed by atoms with E-state index in [-0.39, 0.29) is 0 Å². The number of nitrogens with zero attached hydrogens (tertiary/aromatic N) is 1. The maximum absolute atomic E-state index is 11.0. The molecule has 0 atom stereocenters. The van der Waals surface area contributed by atoms with Crippen molar-refractivity contribution in [2.45, 2.75) is 38.2 Å². The van der Waals surface area contributed by atoms with Crippen LogP contribution in [0.25, 0.3) is 11.3 Å². The maximum atomic E-state index is 11.0. The van der Waals surface area contributed by atoms with Crippen molar-refractivity contribution >= 4 is 0 Å². The van der Waals surface area contributed by atoms with E-state index in [1.54, 1.807) is 6.26 Å². The van der Waals surface area contributed by atoms with Gasteiger partial charge in [0.05, 0.1) is 5.60 Å². The van der Waals surface area contributed by atoms with Gasteiger partial charge in [0.1, 0.15) is 12.0 Å². The molecule has 0 amide bonds. The Morgan fingerprint density at radius 3 is 2.76 bits per heavy atom. The van der Waals surface area contributed by atoms with Crippen LogP contribution in [-0.2, 0) is 16.8 Å². The van der Waals surface area contributed by atoms with E-state index >= 15 is 0 Å². The van der Waals surface area contributed by atoms with Crippen molar-refractivity contribution < 1.29 is 14.3 Å². The summed E-state index contributed by atoms with van der Waals surface area (Å²) in [4.78, 5) is 4.55. The van der Waals surface area contributed by atoms with Gasteiger partial charge in [-0.3, -0.25) is 0 Å². The van der Waals surface area contributed by atoms with Crippen LogP contribution in [0.2, 0.25) is 0 Å². The highest BCUT2D eigenvalue weighted by Crippen LogP contribution is 2.37. The molecule has 4 heteroatoms. The largest absolute Gasteiger partial charge is 0.448 e. The molecule has 1 fully saturated rings. The Balaban J connectivity index is 1.98. The van der Waals surface area contributed by atoms with E-state index in [1.165, 1.54) is 0 Å². The second kappa shape index (κ2) is 6.00. The highest BCUT2D eigenvalue weighted by Gasteiger charge is 2.34. The summed E-state index contributed by atoms with van der Waals surface area (Å²) < 4.78 is 10.9. The smallest absolute Gasteiger partial charge is 0.194 e. The summed E-state index contributed by atoms with van der Waals surface area (Å²) in [6.07, 6.45) is 4.75. The van der Waals surface area contributed by atoms with Gasteiger partial charge in [0.15, 0.2) is 5.89 Å². The Bertz CT molecular complexity index is 600. The molecule has 0 saturated carbocycles. The van der Waals surface area contributed by atoms with Crippen molar-refractivity contribution in [2.24, 2.45) is 0 Å². The Morgan fingerprint density at radius 1 is 1.24 bits per heavy atom. The van der Waals surface area contributed by atoms with Gasteiger partial charge in [-0.25, -0.2) is 4.98 Å². The van der Waals surface area contributed by atoms with Crippen LogP contribution in [0.15, 0.2) is 34.9 Å². The molecule has 1 aliphatic rings. The molecule has 112 valence electrons. The molecule has 4 nitrogen and oxygen atoms in total. The summed E-state index contributed by atoms with van der Waals surface area (Å²) in [5, 5.41) is 11.0. The first-order valence-corrected chi connectivity index (χ1v) is 7.57. The fourth-order valence-corrected chi connectivity index (χ4v) is 2.85. The SMILES string of the molecule is CCCc1nc(-c2ccccc2C2(O)CCOCC2)co1. The van der Waals surface area contributed by atoms with Gasteiger partial charge < -0.3 is 14.3 Å². The van der Waals surface area contributed by atoms with Crippen molar-refractivity contribution in [1.29, 1.82) is 0 Å². The molecule has 0 unspecified atom stereocenters. The Hall–Kier alpha value is -1.65. The van der Waals surface area contributed by atoms with Crippen molar-refractivity contribution in [3.63, 3.8) is 0 Å². The quantitative estimate of drug-likeness (QED) is 0.937. The fraction of sp³-hybridized carbons (Fsp3) is 0.471. The van der Waals surface area contributed by atoms with E-state index < -0.39 is 5.60 Å². The average molecular weight is 287 g/mol. The third-order valence-corrected chi connectivity index (χ3v) is 4.04. The zero-order valence-electron chi connectivity index (χ0n) is 12.3. The molecular formula is C17H21NO3. The second-order valence-electron chi connectivity index (χ2n) is 5.57.